The monoisotopic (exact) mass is 424 g/mol. The molecule has 1 aromatic rings. The number of rotatable bonds is 10. The lowest BCUT2D eigenvalue weighted by Crippen LogP contribution is -2.37. The van der Waals surface area contributed by atoms with Crippen molar-refractivity contribution in [3.63, 3.8) is 0 Å². The topological polar surface area (TPSA) is 9.23 Å². The highest BCUT2D eigenvalue weighted by Crippen LogP contribution is 2.47. The third kappa shape index (κ3) is 6.37. The van der Waals surface area contributed by atoms with E-state index in [1.54, 1.807) is 16.7 Å². The van der Waals surface area contributed by atoms with Crippen molar-refractivity contribution in [1.82, 2.24) is 0 Å². The van der Waals surface area contributed by atoms with E-state index in [1.807, 2.05) is 0 Å². The molecule has 3 unspecified atom stereocenters. The number of ether oxygens (including phenoxy) is 1. The van der Waals surface area contributed by atoms with Gasteiger partial charge in [0.05, 0.1) is 6.10 Å². The highest BCUT2D eigenvalue weighted by Gasteiger charge is 2.38. The number of aryl methyl sites for hydroxylation is 2. The Kier molecular flexibility index (Phi) is 8.94. The quantitative estimate of drug-likeness (QED) is 0.343. The van der Waals surface area contributed by atoms with Crippen LogP contribution in [0.3, 0.4) is 0 Å². The van der Waals surface area contributed by atoms with Gasteiger partial charge in [0.25, 0.3) is 0 Å². The second-order valence-corrected chi connectivity index (χ2v) is 11.2. The molecule has 0 N–H and O–H groups in total. The van der Waals surface area contributed by atoms with Gasteiger partial charge in [0.1, 0.15) is 0 Å². The van der Waals surface area contributed by atoms with Crippen LogP contribution in [0.2, 0.25) is 0 Å². The summed E-state index contributed by atoms with van der Waals surface area (Å²) >= 11 is 0. The van der Waals surface area contributed by atoms with Crippen molar-refractivity contribution in [2.24, 2.45) is 23.7 Å². The molecule has 5 atom stereocenters. The van der Waals surface area contributed by atoms with Crippen molar-refractivity contribution in [2.45, 2.75) is 123 Å². The zero-order valence-electron chi connectivity index (χ0n) is 20.5. The summed E-state index contributed by atoms with van der Waals surface area (Å²) in [7, 11) is 0. The summed E-state index contributed by atoms with van der Waals surface area (Å²) in [5.41, 5.74) is 4.95. The van der Waals surface area contributed by atoms with E-state index in [0.29, 0.717) is 6.10 Å². The fourth-order valence-corrected chi connectivity index (χ4v) is 7.04. The lowest BCUT2D eigenvalue weighted by Gasteiger charge is -2.45. The first-order valence-corrected chi connectivity index (χ1v) is 14.0. The molecule has 1 nitrogen and oxygen atoms in total. The lowest BCUT2D eigenvalue weighted by molar-refractivity contribution is -0.0249. The van der Waals surface area contributed by atoms with E-state index in [0.717, 1.165) is 30.3 Å². The van der Waals surface area contributed by atoms with Gasteiger partial charge in [-0.15, -0.1) is 0 Å². The van der Waals surface area contributed by atoms with Crippen LogP contribution in [0.4, 0.5) is 0 Å². The van der Waals surface area contributed by atoms with E-state index in [4.69, 9.17) is 4.74 Å². The van der Waals surface area contributed by atoms with Gasteiger partial charge in [-0.25, -0.2) is 0 Å². The first-order valence-electron chi connectivity index (χ1n) is 14.0. The standard InChI is InChI=1S/C30H48O/c1-3-5-7-9-23-10-11-25-20-26(13-12-24(25)19-23)27-14-15-29-22-30(17-16-28(29)21-27)31-18-8-6-4-2/h10-11,19,26-30H,3-9,12-18,20-22H2,1-2H3/t26?,27?,28-,29?,30-/m1/s1. The Morgan fingerprint density at radius 3 is 2.32 bits per heavy atom. The summed E-state index contributed by atoms with van der Waals surface area (Å²) in [6.07, 6.45) is 22.5. The average molecular weight is 425 g/mol. The van der Waals surface area contributed by atoms with Crippen molar-refractivity contribution in [1.29, 1.82) is 0 Å². The predicted octanol–water partition coefficient (Wildman–Crippen LogP) is 8.32. The highest BCUT2D eigenvalue weighted by atomic mass is 16.5. The molecule has 0 radical (unpaired) electrons. The number of fused-ring (bicyclic) bond motifs is 2. The van der Waals surface area contributed by atoms with E-state index in [9.17, 15) is 0 Å². The maximum atomic E-state index is 6.26. The van der Waals surface area contributed by atoms with Crippen LogP contribution in [0, 0.1) is 23.7 Å². The summed E-state index contributed by atoms with van der Waals surface area (Å²) in [6.45, 7) is 5.58. The molecule has 0 amide bonds. The summed E-state index contributed by atoms with van der Waals surface area (Å²) in [5.74, 6) is 3.89. The van der Waals surface area contributed by atoms with Gasteiger partial charge < -0.3 is 4.74 Å². The highest BCUT2D eigenvalue weighted by molar-refractivity contribution is 5.34. The lowest BCUT2D eigenvalue weighted by atomic mass is 9.62. The van der Waals surface area contributed by atoms with Crippen LogP contribution in [0.15, 0.2) is 18.2 Å². The Bertz CT molecular complexity index is 664. The minimum atomic E-state index is 0.572. The van der Waals surface area contributed by atoms with Crippen LogP contribution >= 0.6 is 0 Å². The van der Waals surface area contributed by atoms with Gasteiger partial charge in [-0.1, -0.05) is 57.7 Å². The Labute approximate surface area is 192 Å². The summed E-state index contributed by atoms with van der Waals surface area (Å²) in [5, 5.41) is 0. The summed E-state index contributed by atoms with van der Waals surface area (Å²) in [6, 6.07) is 7.49. The zero-order chi connectivity index (χ0) is 21.5. The van der Waals surface area contributed by atoms with Crippen molar-refractivity contribution >= 4 is 0 Å². The minimum Gasteiger partial charge on any atom is -0.378 e. The van der Waals surface area contributed by atoms with Gasteiger partial charge in [-0.3, -0.25) is 0 Å². The third-order valence-electron chi connectivity index (χ3n) is 8.98. The fourth-order valence-electron chi connectivity index (χ4n) is 7.04. The van der Waals surface area contributed by atoms with Crippen LogP contribution in [0.1, 0.15) is 114 Å². The molecule has 2 fully saturated rings. The molecule has 0 bridgehead atoms. The zero-order valence-corrected chi connectivity index (χ0v) is 20.5. The maximum absolute atomic E-state index is 6.26. The first-order chi connectivity index (χ1) is 15.3. The smallest absolute Gasteiger partial charge is 0.0578 e. The average Bonchev–Trinajstić information content (AvgIpc) is 2.81. The molecule has 4 rings (SSSR count). The van der Waals surface area contributed by atoms with E-state index < -0.39 is 0 Å². The molecule has 3 aliphatic rings. The molecule has 2 saturated carbocycles. The Morgan fingerprint density at radius 2 is 1.48 bits per heavy atom. The maximum Gasteiger partial charge on any atom is 0.0578 e. The van der Waals surface area contributed by atoms with Crippen LogP contribution in [-0.4, -0.2) is 12.7 Å². The Balaban J connectivity index is 1.24. The van der Waals surface area contributed by atoms with Crippen molar-refractivity contribution in [3.05, 3.63) is 34.9 Å². The molecular formula is C30H48O. The number of hydrogen-bond acceptors (Lipinski definition) is 1. The van der Waals surface area contributed by atoms with E-state index >= 15 is 0 Å². The van der Waals surface area contributed by atoms with Gasteiger partial charge in [0, 0.05) is 6.61 Å². The van der Waals surface area contributed by atoms with Gasteiger partial charge in [-0.2, -0.15) is 0 Å². The van der Waals surface area contributed by atoms with E-state index in [-0.39, 0.29) is 0 Å². The molecule has 0 aliphatic heterocycles. The molecular weight excluding hydrogens is 376 g/mol. The van der Waals surface area contributed by atoms with Gasteiger partial charge in [0.15, 0.2) is 0 Å². The molecule has 1 heteroatoms. The normalized spacial score (nSPS) is 30.6. The van der Waals surface area contributed by atoms with Gasteiger partial charge in [-0.05, 0) is 117 Å². The third-order valence-corrected chi connectivity index (χ3v) is 8.98. The largest absolute Gasteiger partial charge is 0.378 e. The van der Waals surface area contributed by atoms with E-state index in [1.165, 1.54) is 103 Å². The SMILES string of the molecule is CCCCCO[C@@H]1CC[C@@H]2CC(C3CCc4cc(CCCCC)ccc4C3)CCC2C1. The molecule has 0 saturated heterocycles. The van der Waals surface area contributed by atoms with Crippen LogP contribution in [0.25, 0.3) is 0 Å². The number of unbranched alkanes of at least 4 members (excludes halogenated alkanes) is 4. The molecule has 0 spiro atoms. The molecule has 1 aromatic carbocycles. The summed E-state index contributed by atoms with van der Waals surface area (Å²) < 4.78 is 6.26. The second kappa shape index (κ2) is 11.9. The van der Waals surface area contributed by atoms with E-state index in [2.05, 4.69) is 32.0 Å². The molecule has 31 heavy (non-hydrogen) atoms. The Morgan fingerprint density at radius 1 is 0.742 bits per heavy atom. The van der Waals surface area contributed by atoms with Crippen molar-refractivity contribution < 1.29 is 4.74 Å². The summed E-state index contributed by atoms with van der Waals surface area (Å²) in [4.78, 5) is 0. The molecule has 0 aromatic heterocycles. The number of benzene rings is 1. The Hall–Kier alpha value is -0.820. The fraction of sp³-hybridized carbons (Fsp3) is 0.800. The van der Waals surface area contributed by atoms with Crippen molar-refractivity contribution in [2.75, 3.05) is 6.61 Å². The first kappa shape index (κ1) is 23.3. The predicted molar refractivity (Wildman–Crippen MR) is 133 cm³/mol. The van der Waals surface area contributed by atoms with Gasteiger partial charge >= 0.3 is 0 Å². The van der Waals surface area contributed by atoms with Crippen molar-refractivity contribution in [3.8, 4) is 0 Å². The van der Waals surface area contributed by atoms with Crippen LogP contribution < -0.4 is 0 Å². The van der Waals surface area contributed by atoms with Gasteiger partial charge in [0.2, 0.25) is 0 Å². The van der Waals surface area contributed by atoms with Crippen LogP contribution in [-0.2, 0) is 24.0 Å². The molecule has 0 heterocycles. The second-order valence-electron chi connectivity index (χ2n) is 11.2. The molecule has 3 aliphatic carbocycles. The number of hydrogen-bond donors (Lipinski definition) is 0. The van der Waals surface area contributed by atoms with Crippen LogP contribution in [0.5, 0.6) is 0 Å². The minimum absolute atomic E-state index is 0.572. The molecule has 174 valence electrons.